The van der Waals surface area contributed by atoms with Gasteiger partial charge in [0.1, 0.15) is 6.33 Å². The summed E-state index contributed by atoms with van der Waals surface area (Å²) in [4.78, 5) is 11.7. The molecule has 0 aliphatic heterocycles. The Kier molecular flexibility index (Phi) is 4.78. The predicted molar refractivity (Wildman–Crippen MR) is 75.3 cm³/mol. The second-order valence-corrected chi connectivity index (χ2v) is 4.72. The zero-order valence-electron chi connectivity index (χ0n) is 11.4. The molecule has 1 aromatic heterocycles. The smallest absolute Gasteiger partial charge is 0.224 e. The van der Waals surface area contributed by atoms with E-state index in [1.54, 1.807) is 4.68 Å². The highest BCUT2D eigenvalue weighted by molar-refractivity contribution is 5.90. The van der Waals surface area contributed by atoms with Gasteiger partial charge in [0.25, 0.3) is 0 Å². The highest BCUT2D eigenvalue weighted by atomic mass is 16.1. The number of nitrogens with one attached hydrogen (secondary N) is 1. The van der Waals surface area contributed by atoms with Crippen molar-refractivity contribution in [3.05, 3.63) is 30.6 Å². The molecule has 7 nitrogen and oxygen atoms in total. The predicted octanol–water partition coefficient (Wildman–Crippen LogP) is 1.12. The van der Waals surface area contributed by atoms with Crippen LogP contribution in [-0.4, -0.2) is 32.2 Å². The molecule has 0 spiro atoms. The normalized spacial score (nSPS) is 12.1. The minimum atomic E-state index is 0.000762. The Balaban J connectivity index is 1.86. The lowest BCUT2D eigenvalue weighted by molar-refractivity contribution is -0.116. The lowest BCUT2D eigenvalue weighted by Gasteiger charge is -2.07. The Hall–Kier alpha value is -2.28. The maximum Gasteiger partial charge on any atom is 0.224 e. The third kappa shape index (κ3) is 4.13. The van der Waals surface area contributed by atoms with Crippen molar-refractivity contribution in [2.75, 3.05) is 5.32 Å². The van der Waals surface area contributed by atoms with E-state index in [2.05, 4.69) is 20.8 Å². The second-order valence-electron chi connectivity index (χ2n) is 4.72. The van der Waals surface area contributed by atoms with Crippen LogP contribution < -0.4 is 11.1 Å². The first-order chi connectivity index (χ1) is 9.65. The molecule has 2 rings (SSSR count). The molecule has 7 heteroatoms. The molecule has 106 valence electrons. The van der Waals surface area contributed by atoms with Crippen LogP contribution >= 0.6 is 0 Å². The van der Waals surface area contributed by atoms with Crippen LogP contribution in [0.5, 0.6) is 0 Å². The van der Waals surface area contributed by atoms with Crippen molar-refractivity contribution in [2.24, 2.45) is 5.73 Å². The summed E-state index contributed by atoms with van der Waals surface area (Å²) in [6.07, 6.45) is 3.65. The van der Waals surface area contributed by atoms with E-state index >= 15 is 0 Å². The van der Waals surface area contributed by atoms with Crippen LogP contribution in [0.25, 0.3) is 5.69 Å². The van der Waals surface area contributed by atoms with Gasteiger partial charge in [0.2, 0.25) is 5.91 Å². The second kappa shape index (κ2) is 6.76. The van der Waals surface area contributed by atoms with Crippen molar-refractivity contribution in [1.29, 1.82) is 0 Å². The van der Waals surface area contributed by atoms with E-state index in [9.17, 15) is 4.79 Å². The molecule has 0 bridgehead atoms. The first kappa shape index (κ1) is 14.1. The van der Waals surface area contributed by atoms with Gasteiger partial charge in [0, 0.05) is 18.2 Å². The Morgan fingerprint density at radius 2 is 2.15 bits per heavy atom. The summed E-state index contributed by atoms with van der Waals surface area (Å²) >= 11 is 0. The van der Waals surface area contributed by atoms with E-state index in [0.717, 1.165) is 24.2 Å². The molecule has 0 radical (unpaired) electrons. The Morgan fingerprint density at radius 3 is 2.75 bits per heavy atom. The van der Waals surface area contributed by atoms with Crippen molar-refractivity contribution in [3.63, 3.8) is 0 Å². The van der Waals surface area contributed by atoms with Crippen LogP contribution in [0, 0.1) is 0 Å². The summed E-state index contributed by atoms with van der Waals surface area (Å²) in [5.41, 5.74) is 7.24. The van der Waals surface area contributed by atoms with Gasteiger partial charge in [-0.15, -0.1) is 5.10 Å². The third-order valence-electron chi connectivity index (χ3n) is 2.83. The summed E-state index contributed by atoms with van der Waals surface area (Å²) in [5, 5.41) is 13.8. The van der Waals surface area contributed by atoms with Crippen molar-refractivity contribution in [2.45, 2.75) is 32.2 Å². The highest BCUT2D eigenvalue weighted by Crippen LogP contribution is 2.12. The van der Waals surface area contributed by atoms with E-state index < -0.39 is 0 Å². The number of carbonyl (C=O) groups excluding carboxylic acids is 1. The van der Waals surface area contributed by atoms with Gasteiger partial charge in [-0.2, -0.15) is 0 Å². The number of hydrogen-bond acceptors (Lipinski definition) is 5. The number of amides is 1. The molecule has 1 aromatic carbocycles. The number of aromatic nitrogens is 4. The minimum absolute atomic E-state index is 0.000762. The Bertz CT molecular complexity index is 534. The number of benzene rings is 1. The van der Waals surface area contributed by atoms with Crippen molar-refractivity contribution in [1.82, 2.24) is 20.2 Å². The standard InChI is InChI=1S/C13H18N6O/c1-10(14)3-2-4-13(20)16-11-5-7-12(8-6-11)19-9-15-17-18-19/h5-10H,2-4,14H2,1H3,(H,16,20). The fourth-order valence-corrected chi connectivity index (χ4v) is 1.79. The largest absolute Gasteiger partial charge is 0.328 e. The molecule has 0 fully saturated rings. The first-order valence-corrected chi connectivity index (χ1v) is 6.54. The quantitative estimate of drug-likeness (QED) is 0.822. The van der Waals surface area contributed by atoms with Gasteiger partial charge in [-0.25, -0.2) is 4.68 Å². The van der Waals surface area contributed by atoms with Crippen LogP contribution in [0.4, 0.5) is 5.69 Å². The van der Waals surface area contributed by atoms with Gasteiger partial charge >= 0.3 is 0 Å². The zero-order chi connectivity index (χ0) is 14.4. The van der Waals surface area contributed by atoms with Crippen LogP contribution in [0.1, 0.15) is 26.2 Å². The molecule has 2 aromatic rings. The fourth-order valence-electron chi connectivity index (χ4n) is 1.79. The van der Waals surface area contributed by atoms with Crippen molar-refractivity contribution >= 4 is 11.6 Å². The van der Waals surface area contributed by atoms with Crippen LogP contribution in [0.2, 0.25) is 0 Å². The number of tetrazole rings is 1. The van der Waals surface area contributed by atoms with E-state index in [4.69, 9.17) is 5.73 Å². The maximum atomic E-state index is 11.7. The van der Waals surface area contributed by atoms with Crippen LogP contribution in [0.3, 0.4) is 0 Å². The van der Waals surface area contributed by atoms with E-state index in [1.165, 1.54) is 6.33 Å². The summed E-state index contributed by atoms with van der Waals surface area (Å²) in [7, 11) is 0. The molecule has 0 aliphatic carbocycles. The lowest BCUT2D eigenvalue weighted by Crippen LogP contribution is -2.16. The molecule has 1 unspecified atom stereocenters. The lowest BCUT2D eigenvalue weighted by atomic mass is 10.1. The Morgan fingerprint density at radius 1 is 1.40 bits per heavy atom. The van der Waals surface area contributed by atoms with Gasteiger partial charge in [0.15, 0.2) is 0 Å². The number of rotatable bonds is 6. The van der Waals surface area contributed by atoms with Crippen molar-refractivity contribution < 1.29 is 4.79 Å². The minimum Gasteiger partial charge on any atom is -0.328 e. The monoisotopic (exact) mass is 274 g/mol. The molecule has 1 heterocycles. The van der Waals surface area contributed by atoms with E-state index in [0.29, 0.717) is 6.42 Å². The highest BCUT2D eigenvalue weighted by Gasteiger charge is 2.04. The van der Waals surface area contributed by atoms with Crippen LogP contribution in [0.15, 0.2) is 30.6 Å². The average molecular weight is 274 g/mol. The van der Waals surface area contributed by atoms with Crippen LogP contribution in [-0.2, 0) is 4.79 Å². The maximum absolute atomic E-state index is 11.7. The first-order valence-electron chi connectivity index (χ1n) is 6.54. The topological polar surface area (TPSA) is 98.7 Å². The average Bonchev–Trinajstić information content (AvgIpc) is 2.93. The summed E-state index contributed by atoms with van der Waals surface area (Å²) in [6, 6.07) is 7.46. The van der Waals surface area contributed by atoms with Crippen molar-refractivity contribution in [3.8, 4) is 5.69 Å². The number of nitrogens with two attached hydrogens (primary N) is 1. The Labute approximate surface area is 117 Å². The van der Waals surface area contributed by atoms with E-state index in [-0.39, 0.29) is 11.9 Å². The molecular formula is C13H18N6O. The van der Waals surface area contributed by atoms with Gasteiger partial charge in [-0.1, -0.05) is 0 Å². The molecule has 0 saturated heterocycles. The van der Waals surface area contributed by atoms with Gasteiger partial charge in [-0.05, 0) is 54.5 Å². The molecular weight excluding hydrogens is 256 g/mol. The number of nitrogens with zero attached hydrogens (tertiary/aromatic N) is 4. The molecule has 0 saturated carbocycles. The zero-order valence-corrected chi connectivity index (χ0v) is 11.4. The molecule has 1 amide bonds. The molecule has 3 N–H and O–H groups in total. The number of carbonyl (C=O) groups is 1. The number of hydrogen-bond donors (Lipinski definition) is 2. The summed E-state index contributed by atoms with van der Waals surface area (Å²) in [5.74, 6) is 0.000762. The molecule has 20 heavy (non-hydrogen) atoms. The SMILES string of the molecule is CC(N)CCCC(=O)Nc1ccc(-n2cnnn2)cc1. The van der Waals surface area contributed by atoms with Gasteiger partial charge < -0.3 is 11.1 Å². The number of anilines is 1. The summed E-state index contributed by atoms with van der Waals surface area (Å²) < 4.78 is 1.55. The molecule has 1 atom stereocenters. The summed E-state index contributed by atoms with van der Waals surface area (Å²) in [6.45, 7) is 1.94. The van der Waals surface area contributed by atoms with E-state index in [1.807, 2.05) is 31.2 Å². The fraction of sp³-hybridized carbons (Fsp3) is 0.385. The van der Waals surface area contributed by atoms with Gasteiger partial charge in [-0.3, -0.25) is 4.79 Å². The van der Waals surface area contributed by atoms with Gasteiger partial charge in [0.05, 0.1) is 5.69 Å². The third-order valence-corrected chi connectivity index (χ3v) is 2.83. The molecule has 0 aliphatic rings.